The Morgan fingerprint density at radius 1 is 1.17 bits per heavy atom. The highest BCUT2D eigenvalue weighted by atomic mass is 16.4. The molecule has 2 aliphatic heterocycles. The van der Waals surface area contributed by atoms with E-state index >= 15 is 0 Å². The van der Waals surface area contributed by atoms with E-state index in [-0.39, 0.29) is 6.84 Å². The maximum Gasteiger partial charge on any atom is 0.411 e. The van der Waals surface area contributed by atoms with Crippen LogP contribution in [0.4, 0.5) is 10.5 Å². The van der Waals surface area contributed by atoms with Gasteiger partial charge in [0, 0.05) is 19.9 Å². The number of para-hydroxylation sites is 1. The van der Waals surface area contributed by atoms with E-state index in [9.17, 15) is 9.90 Å². The largest absolute Gasteiger partial charge is 0.465 e. The number of nitrogens with zero attached hydrogens (tertiary/aromatic N) is 2. The van der Waals surface area contributed by atoms with Crippen LogP contribution in [0.25, 0.3) is 0 Å². The van der Waals surface area contributed by atoms with Crippen molar-refractivity contribution >= 4 is 11.8 Å². The van der Waals surface area contributed by atoms with Crippen molar-refractivity contribution in [3.63, 3.8) is 0 Å². The minimum absolute atomic E-state index is 0. The van der Waals surface area contributed by atoms with Gasteiger partial charge in [0.1, 0.15) is 0 Å². The summed E-state index contributed by atoms with van der Waals surface area (Å²) >= 11 is 0. The Kier molecular flexibility index (Phi) is 4.25. The van der Waals surface area contributed by atoms with Crippen molar-refractivity contribution in [2.75, 3.05) is 31.1 Å². The van der Waals surface area contributed by atoms with Gasteiger partial charge in [-0.25, -0.2) is 4.79 Å². The molecule has 1 aromatic carbocycles. The van der Waals surface area contributed by atoms with Crippen LogP contribution in [0.3, 0.4) is 0 Å². The van der Waals surface area contributed by atoms with Crippen molar-refractivity contribution in [2.24, 2.45) is 5.92 Å². The van der Waals surface area contributed by atoms with Gasteiger partial charge in [0.15, 0.2) is 0 Å². The zero-order valence-electron chi connectivity index (χ0n) is 14.4. The molecule has 4 rings (SSSR count). The van der Waals surface area contributed by atoms with E-state index in [4.69, 9.17) is 0 Å². The van der Waals surface area contributed by atoms with Crippen molar-refractivity contribution in [2.45, 2.75) is 50.4 Å². The number of anilines is 1. The SMILES string of the molecule is O=C(O)N1CC2(CCN(CC3CCCCC3)CC2)c2ccccc21.[HH]. The van der Waals surface area contributed by atoms with Crippen LogP contribution in [0.15, 0.2) is 24.3 Å². The zero-order chi connectivity index (χ0) is 16.6. The van der Waals surface area contributed by atoms with Gasteiger partial charge in [0.2, 0.25) is 0 Å². The fourth-order valence-corrected chi connectivity index (χ4v) is 5.13. The number of rotatable bonds is 2. The summed E-state index contributed by atoms with van der Waals surface area (Å²) in [6.45, 7) is 4.11. The number of piperidine rings is 1. The smallest absolute Gasteiger partial charge is 0.411 e. The minimum atomic E-state index is -0.816. The van der Waals surface area contributed by atoms with E-state index in [2.05, 4.69) is 17.0 Å². The monoisotopic (exact) mass is 330 g/mol. The fraction of sp³-hybridized carbons (Fsp3) is 0.650. The predicted octanol–water partition coefficient (Wildman–Crippen LogP) is 4.34. The fourth-order valence-electron chi connectivity index (χ4n) is 5.13. The summed E-state index contributed by atoms with van der Waals surface area (Å²) in [5, 5.41) is 9.56. The topological polar surface area (TPSA) is 43.8 Å². The first-order valence-corrected chi connectivity index (χ1v) is 9.50. The molecule has 1 saturated heterocycles. The Balaban J connectivity index is 0.00000182. The molecular weight excluding hydrogens is 300 g/mol. The van der Waals surface area contributed by atoms with Gasteiger partial charge in [-0.15, -0.1) is 0 Å². The average Bonchev–Trinajstić information content (AvgIpc) is 2.93. The van der Waals surface area contributed by atoms with Crippen molar-refractivity contribution in [1.82, 2.24) is 4.90 Å². The van der Waals surface area contributed by atoms with E-state index in [1.807, 2.05) is 12.1 Å². The summed E-state index contributed by atoms with van der Waals surface area (Å²) < 4.78 is 0. The molecule has 0 aromatic heterocycles. The molecule has 2 heterocycles. The maximum absolute atomic E-state index is 11.6. The number of amides is 1. The minimum Gasteiger partial charge on any atom is -0.465 e. The number of benzene rings is 1. The second kappa shape index (κ2) is 6.40. The summed E-state index contributed by atoms with van der Waals surface area (Å²) in [5.74, 6) is 0.888. The molecule has 3 aliphatic rings. The molecule has 1 N–H and O–H groups in total. The predicted molar refractivity (Wildman–Crippen MR) is 97.9 cm³/mol. The van der Waals surface area contributed by atoms with Crippen LogP contribution in [0.2, 0.25) is 0 Å². The third-order valence-electron chi connectivity index (χ3n) is 6.51. The van der Waals surface area contributed by atoms with Crippen LogP contribution in [0, 0.1) is 5.92 Å². The second-order valence-corrected chi connectivity index (χ2v) is 7.97. The summed E-state index contributed by atoms with van der Waals surface area (Å²) in [7, 11) is 0. The van der Waals surface area contributed by atoms with Crippen molar-refractivity contribution in [1.29, 1.82) is 0 Å². The second-order valence-electron chi connectivity index (χ2n) is 7.97. The highest BCUT2D eigenvalue weighted by Gasteiger charge is 2.46. The molecule has 0 radical (unpaired) electrons. The standard InChI is InChI=1S/C20H28N2O2.H2/c23-19(24)22-15-20(17-8-4-5-9-18(17)22)10-12-21(13-11-20)14-16-6-2-1-3-7-16;/h4-5,8-9,16H,1-3,6-7,10-15H2,(H,23,24);1H. The number of likely N-dealkylation sites (tertiary alicyclic amines) is 1. The van der Waals surface area contributed by atoms with Crippen LogP contribution >= 0.6 is 0 Å². The molecule has 1 aliphatic carbocycles. The molecule has 24 heavy (non-hydrogen) atoms. The number of carbonyl (C=O) groups is 1. The Morgan fingerprint density at radius 3 is 2.58 bits per heavy atom. The lowest BCUT2D eigenvalue weighted by Gasteiger charge is -2.41. The first-order chi connectivity index (χ1) is 11.7. The molecule has 1 spiro atoms. The normalized spacial score (nSPS) is 24.2. The number of fused-ring (bicyclic) bond motifs is 2. The first kappa shape index (κ1) is 15.9. The molecule has 1 saturated carbocycles. The molecule has 132 valence electrons. The summed E-state index contributed by atoms with van der Waals surface area (Å²) in [4.78, 5) is 15.8. The van der Waals surface area contributed by atoms with Crippen LogP contribution in [0.5, 0.6) is 0 Å². The molecule has 2 fully saturated rings. The Bertz CT molecular complexity index is 607. The van der Waals surface area contributed by atoms with Crippen LogP contribution in [0.1, 0.15) is 51.9 Å². The summed E-state index contributed by atoms with van der Waals surface area (Å²) in [6, 6.07) is 8.12. The maximum atomic E-state index is 11.6. The third kappa shape index (κ3) is 2.81. The molecule has 1 aromatic rings. The van der Waals surface area contributed by atoms with Gasteiger partial charge < -0.3 is 10.0 Å². The van der Waals surface area contributed by atoms with E-state index in [0.29, 0.717) is 6.54 Å². The molecule has 4 heteroatoms. The number of carboxylic acid groups (broad SMARTS) is 1. The molecular formula is C20H30N2O2. The van der Waals surface area contributed by atoms with Gasteiger partial charge in [-0.2, -0.15) is 0 Å². The Morgan fingerprint density at radius 2 is 1.88 bits per heavy atom. The molecule has 0 atom stereocenters. The number of hydrogen-bond donors (Lipinski definition) is 1. The molecule has 0 unspecified atom stereocenters. The number of hydrogen-bond acceptors (Lipinski definition) is 2. The lowest BCUT2D eigenvalue weighted by molar-refractivity contribution is 0.132. The highest BCUT2D eigenvalue weighted by Crippen LogP contribution is 2.47. The lowest BCUT2D eigenvalue weighted by atomic mass is 9.74. The van der Waals surface area contributed by atoms with Gasteiger partial charge in [0.05, 0.1) is 5.69 Å². The summed E-state index contributed by atoms with van der Waals surface area (Å²) in [6.07, 6.45) is 8.38. The van der Waals surface area contributed by atoms with E-state index in [0.717, 1.165) is 37.5 Å². The van der Waals surface area contributed by atoms with Gasteiger partial charge in [0.25, 0.3) is 0 Å². The quantitative estimate of drug-likeness (QED) is 0.877. The third-order valence-corrected chi connectivity index (χ3v) is 6.51. The highest BCUT2D eigenvalue weighted by molar-refractivity contribution is 5.90. The zero-order valence-corrected chi connectivity index (χ0v) is 14.4. The van der Waals surface area contributed by atoms with Crippen molar-refractivity contribution < 1.29 is 11.3 Å². The van der Waals surface area contributed by atoms with E-state index in [1.54, 1.807) is 4.90 Å². The van der Waals surface area contributed by atoms with Crippen molar-refractivity contribution in [3.8, 4) is 0 Å². The van der Waals surface area contributed by atoms with Crippen LogP contribution in [-0.4, -0.2) is 42.3 Å². The molecule has 4 nitrogen and oxygen atoms in total. The van der Waals surface area contributed by atoms with Crippen LogP contribution < -0.4 is 4.90 Å². The molecule has 0 bridgehead atoms. The Hall–Kier alpha value is -1.55. The first-order valence-electron chi connectivity index (χ1n) is 9.50. The average molecular weight is 330 g/mol. The molecule has 1 amide bonds. The lowest BCUT2D eigenvalue weighted by Crippen LogP contribution is -2.47. The van der Waals surface area contributed by atoms with Gasteiger partial charge in [-0.3, -0.25) is 4.90 Å². The van der Waals surface area contributed by atoms with Crippen molar-refractivity contribution in [3.05, 3.63) is 29.8 Å². The van der Waals surface area contributed by atoms with Gasteiger partial charge >= 0.3 is 6.09 Å². The van der Waals surface area contributed by atoms with Crippen LogP contribution in [-0.2, 0) is 5.41 Å². The van der Waals surface area contributed by atoms with E-state index in [1.165, 1.54) is 44.2 Å². The summed E-state index contributed by atoms with van der Waals surface area (Å²) in [5.41, 5.74) is 2.20. The van der Waals surface area contributed by atoms with E-state index < -0.39 is 6.09 Å². The van der Waals surface area contributed by atoms with Gasteiger partial charge in [-0.05, 0) is 56.3 Å². The Labute approximate surface area is 145 Å². The van der Waals surface area contributed by atoms with Gasteiger partial charge in [-0.1, -0.05) is 37.5 Å².